The predicted molar refractivity (Wildman–Crippen MR) is 174 cm³/mol. The summed E-state index contributed by atoms with van der Waals surface area (Å²) < 4.78 is 0. The molecule has 2 aromatic heterocycles. The molecule has 0 radical (unpaired) electrons. The Labute approximate surface area is 261 Å². The first kappa shape index (κ1) is 27.8. The van der Waals surface area contributed by atoms with Gasteiger partial charge in [-0.3, -0.25) is 0 Å². The van der Waals surface area contributed by atoms with E-state index in [1.165, 1.54) is 0 Å². The van der Waals surface area contributed by atoms with E-state index in [0.29, 0.717) is 54.7 Å². The summed E-state index contributed by atoms with van der Waals surface area (Å²) in [5, 5.41) is 15.7. The van der Waals surface area contributed by atoms with Crippen molar-refractivity contribution in [2.45, 2.75) is 0 Å². The molecule has 6 aromatic rings. The number of anilines is 8. The number of rotatable bonds is 8. The Morgan fingerprint density at radius 3 is 0.881 bits per heavy atom. The topological polar surface area (TPSA) is 99.7 Å². The van der Waals surface area contributed by atoms with Gasteiger partial charge in [0.2, 0.25) is 11.9 Å². The van der Waals surface area contributed by atoms with E-state index in [4.69, 9.17) is 66.3 Å². The normalized spacial score (nSPS) is 10.9. The SMILES string of the molecule is Clc1ccc(Nc2nc(Nc3ccc(Cl)cc3)c3nc(Nc4ccc(Cl)cc4)nc(Nc4ccc(Cl)cc4)c3n2)cc1. The summed E-state index contributed by atoms with van der Waals surface area (Å²) in [7, 11) is 0. The lowest BCUT2D eigenvalue weighted by Crippen LogP contribution is -2.08. The van der Waals surface area contributed by atoms with Gasteiger partial charge < -0.3 is 21.3 Å². The van der Waals surface area contributed by atoms with E-state index < -0.39 is 0 Å². The van der Waals surface area contributed by atoms with Crippen molar-refractivity contribution in [1.82, 2.24) is 19.9 Å². The molecule has 0 aliphatic rings. The molecule has 6 rings (SSSR count). The van der Waals surface area contributed by atoms with Crippen LogP contribution in [0.2, 0.25) is 20.1 Å². The number of hydrogen-bond acceptors (Lipinski definition) is 8. The highest BCUT2D eigenvalue weighted by Gasteiger charge is 2.18. The first-order valence-corrected chi connectivity index (χ1v) is 14.1. The molecule has 2 heterocycles. The third kappa shape index (κ3) is 6.75. The first-order valence-electron chi connectivity index (χ1n) is 12.6. The minimum absolute atomic E-state index is 0.322. The van der Waals surface area contributed by atoms with Crippen molar-refractivity contribution in [1.29, 1.82) is 0 Å². The highest BCUT2D eigenvalue weighted by molar-refractivity contribution is 6.31. The Kier molecular flexibility index (Phi) is 8.12. The number of aromatic nitrogens is 4. The molecule has 208 valence electrons. The summed E-state index contributed by atoms with van der Waals surface area (Å²) in [5.74, 6) is 1.53. The van der Waals surface area contributed by atoms with E-state index in [1.54, 1.807) is 48.5 Å². The van der Waals surface area contributed by atoms with E-state index in [-0.39, 0.29) is 0 Å². The summed E-state index contributed by atoms with van der Waals surface area (Å²) in [6.45, 7) is 0. The Balaban J connectivity index is 1.50. The molecule has 4 N–H and O–H groups in total. The lowest BCUT2D eigenvalue weighted by atomic mass is 10.3. The molecule has 0 saturated carbocycles. The summed E-state index contributed by atoms with van der Waals surface area (Å²) in [5.41, 5.74) is 3.96. The van der Waals surface area contributed by atoms with E-state index in [1.807, 2.05) is 48.5 Å². The Bertz CT molecular complexity index is 1710. The average molecular weight is 634 g/mol. The zero-order valence-corrected chi connectivity index (χ0v) is 24.6. The van der Waals surface area contributed by atoms with Gasteiger partial charge in [-0.05, 0) is 97.1 Å². The fourth-order valence-corrected chi connectivity index (χ4v) is 4.47. The lowest BCUT2D eigenvalue weighted by molar-refractivity contribution is 1.15. The smallest absolute Gasteiger partial charge is 0.230 e. The molecule has 0 saturated heterocycles. The van der Waals surface area contributed by atoms with Gasteiger partial charge >= 0.3 is 0 Å². The van der Waals surface area contributed by atoms with E-state index in [0.717, 1.165) is 22.7 Å². The predicted octanol–water partition coefficient (Wildman–Crippen LogP) is 10.0. The van der Waals surface area contributed by atoms with Crippen LogP contribution in [0.4, 0.5) is 46.3 Å². The van der Waals surface area contributed by atoms with Crippen LogP contribution in [-0.2, 0) is 0 Å². The molecule has 0 aliphatic heterocycles. The van der Waals surface area contributed by atoms with Crippen molar-refractivity contribution in [2.75, 3.05) is 21.3 Å². The average Bonchev–Trinajstić information content (AvgIpc) is 2.98. The molecular formula is C30H20Cl4N8. The summed E-state index contributed by atoms with van der Waals surface area (Å²) >= 11 is 24.4. The largest absolute Gasteiger partial charge is 0.338 e. The maximum atomic E-state index is 6.12. The van der Waals surface area contributed by atoms with Crippen LogP contribution in [0, 0.1) is 0 Å². The Hall–Kier alpha value is -4.34. The fraction of sp³-hybridized carbons (Fsp3) is 0. The van der Waals surface area contributed by atoms with Gasteiger partial charge in [-0.25, -0.2) is 9.97 Å². The molecule has 8 nitrogen and oxygen atoms in total. The number of hydrogen-bond donors (Lipinski definition) is 4. The van der Waals surface area contributed by atoms with Gasteiger partial charge in [0.25, 0.3) is 0 Å². The van der Waals surface area contributed by atoms with Crippen LogP contribution in [0.5, 0.6) is 0 Å². The molecule has 0 amide bonds. The van der Waals surface area contributed by atoms with Gasteiger partial charge in [-0.15, -0.1) is 0 Å². The van der Waals surface area contributed by atoms with Gasteiger partial charge in [0.05, 0.1) is 0 Å². The highest BCUT2D eigenvalue weighted by atomic mass is 35.5. The van der Waals surface area contributed by atoms with E-state index in [2.05, 4.69) is 21.3 Å². The Morgan fingerprint density at radius 2 is 0.595 bits per heavy atom. The van der Waals surface area contributed by atoms with Crippen molar-refractivity contribution in [2.24, 2.45) is 0 Å². The molecule has 42 heavy (non-hydrogen) atoms. The second kappa shape index (κ2) is 12.3. The molecule has 0 atom stereocenters. The molecule has 0 bridgehead atoms. The number of benzene rings is 4. The molecule has 4 aromatic carbocycles. The number of nitrogens with one attached hydrogen (secondary N) is 4. The molecule has 0 unspecified atom stereocenters. The van der Waals surface area contributed by atoms with Crippen LogP contribution in [0.15, 0.2) is 97.1 Å². The van der Waals surface area contributed by atoms with Gasteiger partial charge in [0, 0.05) is 42.8 Å². The number of nitrogens with zero attached hydrogens (tertiary/aromatic N) is 4. The maximum absolute atomic E-state index is 6.12. The van der Waals surface area contributed by atoms with Crippen molar-refractivity contribution in [3.8, 4) is 0 Å². The molecule has 0 aliphatic carbocycles. The van der Waals surface area contributed by atoms with Crippen molar-refractivity contribution >= 4 is 104 Å². The maximum Gasteiger partial charge on any atom is 0.230 e. The quantitative estimate of drug-likeness (QED) is 0.131. The molecular weight excluding hydrogens is 614 g/mol. The van der Waals surface area contributed by atoms with Crippen LogP contribution in [0.3, 0.4) is 0 Å². The number of fused-ring (bicyclic) bond motifs is 1. The van der Waals surface area contributed by atoms with Gasteiger partial charge in [0.1, 0.15) is 11.0 Å². The molecule has 0 fully saturated rings. The van der Waals surface area contributed by atoms with Gasteiger partial charge in [-0.1, -0.05) is 46.4 Å². The minimum Gasteiger partial charge on any atom is -0.338 e. The third-order valence-electron chi connectivity index (χ3n) is 5.96. The fourth-order valence-electron chi connectivity index (χ4n) is 3.97. The zero-order chi connectivity index (χ0) is 29.1. The van der Waals surface area contributed by atoms with E-state index >= 15 is 0 Å². The minimum atomic E-state index is 0.322. The number of halogens is 4. The van der Waals surface area contributed by atoms with E-state index in [9.17, 15) is 0 Å². The lowest BCUT2D eigenvalue weighted by Gasteiger charge is -2.16. The Morgan fingerprint density at radius 1 is 0.333 bits per heavy atom. The van der Waals surface area contributed by atoms with Crippen molar-refractivity contribution in [3.63, 3.8) is 0 Å². The van der Waals surface area contributed by atoms with Crippen molar-refractivity contribution in [3.05, 3.63) is 117 Å². The third-order valence-corrected chi connectivity index (χ3v) is 6.97. The van der Waals surface area contributed by atoms with Gasteiger partial charge in [-0.2, -0.15) is 9.97 Å². The summed E-state index contributed by atoms with van der Waals surface area (Å²) in [6.07, 6.45) is 0. The van der Waals surface area contributed by atoms with Crippen LogP contribution >= 0.6 is 46.4 Å². The molecule has 0 spiro atoms. The zero-order valence-electron chi connectivity index (χ0n) is 21.5. The molecule has 12 heteroatoms. The van der Waals surface area contributed by atoms with Crippen LogP contribution < -0.4 is 21.3 Å². The van der Waals surface area contributed by atoms with Crippen LogP contribution in [0.25, 0.3) is 11.0 Å². The first-order chi connectivity index (χ1) is 20.4. The summed E-state index contributed by atoms with van der Waals surface area (Å²) in [4.78, 5) is 19.2. The second-order valence-electron chi connectivity index (χ2n) is 9.02. The standard InChI is InChI=1S/C30H20Cl4N8/c31-17-1-9-21(10-2-17)35-27-25-26(40-29(41-27)37-23-13-5-19(33)6-14-23)28(36-22-11-3-18(32)4-12-22)42-30(39-25)38-24-15-7-20(34)8-16-24/h1-16H,(H2,35,37,40,41)(H2,36,38,39,42). The van der Waals surface area contributed by atoms with Crippen LogP contribution in [-0.4, -0.2) is 19.9 Å². The van der Waals surface area contributed by atoms with Crippen LogP contribution in [0.1, 0.15) is 0 Å². The highest BCUT2D eigenvalue weighted by Crippen LogP contribution is 2.32. The summed E-state index contributed by atoms with van der Waals surface area (Å²) in [6, 6.07) is 29.0. The van der Waals surface area contributed by atoms with Gasteiger partial charge in [0.15, 0.2) is 11.6 Å². The monoisotopic (exact) mass is 632 g/mol. The van der Waals surface area contributed by atoms with Crippen molar-refractivity contribution < 1.29 is 0 Å². The second-order valence-corrected chi connectivity index (χ2v) is 10.8.